The van der Waals surface area contributed by atoms with Gasteiger partial charge in [0.25, 0.3) is 0 Å². The average molecular weight is 339 g/mol. The highest BCUT2D eigenvalue weighted by Crippen LogP contribution is 2.32. The number of halogens is 1. The number of nitrogens with two attached hydrogens (primary N) is 2. The first-order chi connectivity index (χ1) is 8.06. The van der Waals surface area contributed by atoms with Crippen molar-refractivity contribution in [3.63, 3.8) is 0 Å². The van der Waals surface area contributed by atoms with Crippen LogP contribution >= 0.6 is 22.6 Å². The van der Waals surface area contributed by atoms with Crippen LogP contribution in [-0.2, 0) is 0 Å². The Morgan fingerprint density at radius 3 is 2.76 bits per heavy atom. The normalized spacial score (nSPS) is 11.4. The molecular formula is C11H10IN5. The zero-order valence-electron chi connectivity index (χ0n) is 9.08. The van der Waals surface area contributed by atoms with Crippen molar-refractivity contribution in [2.24, 2.45) is 0 Å². The summed E-state index contributed by atoms with van der Waals surface area (Å²) in [6.45, 7) is 2.01. The summed E-state index contributed by atoms with van der Waals surface area (Å²) in [5.74, 6) is 0.630. The van der Waals surface area contributed by atoms with Gasteiger partial charge in [0, 0.05) is 14.7 Å². The van der Waals surface area contributed by atoms with Crippen LogP contribution in [0.5, 0.6) is 0 Å². The summed E-state index contributed by atoms with van der Waals surface area (Å²) < 4.78 is 1.09. The summed E-state index contributed by atoms with van der Waals surface area (Å²) in [7, 11) is 0. The summed E-state index contributed by atoms with van der Waals surface area (Å²) in [5.41, 5.74) is 14.5. The van der Waals surface area contributed by atoms with Crippen LogP contribution in [0.3, 0.4) is 0 Å². The number of H-pyrrole nitrogens is 1. The quantitative estimate of drug-likeness (QED) is 0.547. The molecule has 0 aliphatic heterocycles. The molecule has 0 spiro atoms. The number of anilines is 2. The first kappa shape index (κ1) is 10.6. The van der Waals surface area contributed by atoms with E-state index in [2.05, 4.69) is 43.6 Å². The highest BCUT2D eigenvalue weighted by molar-refractivity contribution is 14.1. The molecule has 86 valence electrons. The van der Waals surface area contributed by atoms with Crippen LogP contribution in [0, 0.1) is 10.5 Å². The Bertz CT molecular complexity index is 747. The van der Waals surface area contributed by atoms with E-state index in [1.54, 1.807) is 0 Å². The second kappa shape index (κ2) is 3.46. The smallest absolute Gasteiger partial charge is 0.222 e. The summed E-state index contributed by atoms with van der Waals surface area (Å²) in [4.78, 5) is 11.6. The van der Waals surface area contributed by atoms with Gasteiger partial charge in [0.05, 0.1) is 16.4 Å². The topological polar surface area (TPSA) is 93.6 Å². The first-order valence-electron chi connectivity index (χ1n) is 5.07. The fourth-order valence-corrected chi connectivity index (χ4v) is 2.78. The molecule has 0 amide bonds. The van der Waals surface area contributed by atoms with E-state index in [1.807, 2.05) is 13.0 Å². The molecule has 5 nitrogen and oxygen atoms in total. The lowest BCUT2D eigenvalue weighted by atomic mass is 10.1. The molecule has 0 saturated carbocycles. The van der Waals surface area contributed by atoms with Crippen LogP contribution in [0.1, 0.15) is 5.69 Å². The fourth-order valence-electron chi connectivity index (χ4n) is 2.06. The molecule has 2 aromatic heterocycles. The minimum Gasteiger partial charge on any atom is -0.383 e. The molecule has 0 atom stereocenters. The van der Waals surface area contributed by atoms with Crippen LogP contribution in [-0.4, -0.2) is 15.0 Å². The molecule has 5 N–H and O–H groups in total. The van der Waals surface area contributed by atoms with Crippen LogP contribution in [0.15, 0.2) is 12.1 Å². The molecule has 2 heterocycles. The number of aromatic amines is 1. The third kappa shape index (κ3) is 1.51. The second-order valence-corrected chi connectivity index (χ2v) is 5.12. The molecule has 0 radical (unpaired) electrons. The van der Waals surface area contributed by atoms with Crippen LogP contribution in [0.25, 0.3) is 21.8 Å². The first-order valence-corrected chi connectivity index (χ1v) is 6.14. The van der Waals surface area contributed by atoms with Crippen molar-refractivity contribution in [2.75, 3.05) is 11.5 Å². The lowest BCUT2D eigenvalue weighted by Crippen LogP contribution is -2.01. The van der Waals surface area contributed by atoms with Crippen molar-refractivity contribution in [2.45, 2.75) is 6.92 Å². The number of rotatable bonds is 0. The van der Waals surface area contributed by atoms with E-state index in [0.717, 1.165) is 31.1 Å². The summed E-state index contributed by atoms with van der Waals surface area (Å²) in [6, 6.07) is 4.01. The maximum absolute atomic E-state index is 5.94. The number of nitrogens with one attached hydrogen (secondary N) is 1. The van der Waals surface area contributed by atoms with Crippen molar-refractivity contribution >= 4 is 56.2 Å². The molecule has 0 aliphatic carbocycles. The predicted molar refractivity (Wildman–Crippen MR) is 77.7 cm³/mol. The number of aromatic nitrogens is 3. The molecule has 0 bridgehead atoms. The van der Waals surface area contributed by atoms with E-state index < -0.39 is 0 Å². The predicted octanol–water partition coefficient (Wildman–Crippen LogP) is 2.19. The molecule has 0 aliphatic rings. The van der Waals surface area contributed by atoms with Gasteiger partial charge in [-0.05, 0) is 41.6 Å². The minimum absolute atomic E-state index is 0.206. The molecule has 0 unspecified atom stereocenters. The van der Waals surface area contributed by atoms with Crippen molar-refractivity contribution < 1.29 is 0 Å². The van der Waals surface area contributed by atoms with Gasteiger partial charge in [0.2, 0.25) is 5.95 Å². The summed E-state index contributed by atoms with van der Waals surface area (Å²) >= 11 is 2.27. The molecule has 6 heteroatoms. The molecule has 3 rings (SSSR count). The Hall–Kier alpha value is -1.57. The van der Waals surface area contributed by atoms with Crippen molar-refractivity contribution in [3.8, 4) is 0 Å². The molecule has 1 aromatic carbocycles. The Kier molecular flexibility index (Phi) is 2.15. The number of nitrogens with zero attached hydrogens (tertiary/aromatic N) is 2. The third-order valence-electron chi connectivity index (χ3n) is 2.71. The summed E-state index contributed by atoms with van der Waals surface area (Å²) in [6.07, 6.45) is 0. The Morgan fingerprint density at radius 1 is 1.24 bits per heavy atom. The van der Waals surface area contributed by atoms with Gasteiger partial charge in [0.1, 0.15) is 5.82 Å². The van der Waals surface area contributed by atoms with E-state index in [4.69, 9.17) is 11.5 Å². The maximum atomic E-state index is 5.94. The average Bonchev–Trinajstić information content (AvgIpc) is 2.58. The van der Waals surface area contributed by atoms with Crippen molar-refractivity contribution in [1.82, 2.24) is 15.0 Å². The third-order valence-corrected chi connectivity index (χ3v) is 3.56. The molecular weight excluding hydrogens is 329 g/mol. The van der Waals surface area contributed by atoms with E-state index in [9.17, 15) is 0 Å². The number of hydrogen-bond donors (Lipinski definition) is 3. The van der Waals surface area contributed by atoms with Gasteiger partial charge in [-0.1, -0.05) is 0 Å². The molecule has 17 heavy (non-hydrogen) atoms. The fraction of sp³-hybridized carbons (Fsp3) is 0.0909. The highest BCUT2D eigenvalue weighted by atomic mass is 127. The van der Waals surface area contributed by atoms with E-state index in [1.165, 1.54) is 0 Å². The number of benzene rings is 1. The Labute approximate surface area is 111 Å². The number of aryl methyl sites for hydroxylation is 1. The van der Waals surface area contributed by atoms with E-state index in [0.29, 0.717) is 5.82 Å². The SMILES string of the molecule is Cc1cc2c([nH]1)c(I)cc1nc(N)nc(N)c12. The number of hydrogen-bond acceptors (Lipinski definition) is 4. The highest BCUT2D eigenvalue weighted by Gasteiger charge is 2.12. The minimum atomic E-state index is 0.206. The largest absolute Gasteiger partial charge is 0.383 e. The number of fused-ring (bicyclic) bond motifs is 3. The molecule has 0 fully saturated rings. The molecule has 3 aromatic rings. The van der Waals surface area contributed by atoms with Gasteiger partial charge in [0.15, 0.2) is 0 Å². The van der Waals surface area contributed by atoms with Gasteiger partial charge in [-0.3, -0.25) is 0 Å². The standard InChI is InChI=1S/C11H10IN5/c1-4-2-5-8-7(3-6(12)9(5)15-4)16-11(14)17-10(8)13/h2-3,15H,1H3,(H4,13,14,16,17). The summed E-state index contributed by atoms with van der Waals surface area (Å²) in [5, 5.41) is 1.90. The lowest BCUT2D eigenvalue weighted by molar-refractivity contribution is 1.25. The van der Waals surface area contributed by atoms with Gasteiger partial charge < -0.3 is 16.5 Å². The van der Waals surface area contributed by atoms with Crippen molar-refractivity contribution in [3.05, 3.63) is 21.4 Å². The van der Waals surface area contributed by atoms with Crippen LogP contribution < -0.4 is 11.5 Å². The van der Waals surface area contributed by atoms with Crippen LogP contribution in [0.4, 0.5) is 11.8 Å². The lowest BCUT2D eigenvalue weighted by Gasteiger charge is -2.05. The second-order valence-electron chi connectivity index (χ2n) is 3.96. The zero-order valence-corrected chi connectivity index (χ0v) is 11.2. The van der Waals surface area contributed by atoms with E-state index in [-0.39, 0.29) is 5.95 Å². The van der Waals surface area contributed by atoms with Gasteiger partial charge in [-0.15, -0.1) is 0 Å². The monoisotopic (exact) mass is 339 g/mol. The van der Waals surface area contributed by atoms with Gasteiger partial charge >= 0.3 is 0 Å². The Morgan fingerprint density at radius 2 is 2.00 bits per heavy atom. The Balaban J connectivity index is 2.62. The maximum Gasteiger partial charge on any atom is 0.222 e. The van der Waals surface area contributed by atoms with Gasteiger partial charge in [-0.2, -0.15) is 4.98 Å². The van der Waals surface area contributed by atoms with E-state index >= 15 is 0 Å². The van der Waals surface area contributed by atoms with Crippen LogP contribution in [0.2, 0.25) is 0 Å². The van der Waals surface area contributed by atoms with Crippen molar-refractivity contribution in [1.29, 1.82) is 0 Å². The molecule has 0 saturated heterocycles. The number of nitrogen functional groups attached to an aromatic ring is 2. The zero-order chi connectivity index (χ0) is 12.2. The van der Waals surface area contributed by atoms with Gasteiger partial charge in [-0.25, -0.2) is 4.98 Å².